The molecule has 1 aromatic heterocycles. The summed E-state index contributed by atoms with van der Waals surface area (Å²) in [7, 11) is 0. The van der Waals surface area contributed by atoms with E-state index in [4.69, 9.17) is 11.6 Å². The maximum Gasteiger partial charge on any atom is 0.150 e. The second-order valence-corrected chi connectivity index (χ2v) is 4.06. The van der Waals surface area contributed by atoms with Gasteiger partial charge < -0.3 is 9.69 Å². The van der Waals surface area contributed by atoms with Crippen LogP contribution in [0.15, 0.2) is 12.5 Å². The number of aldehydes is 1. The summed E-state index contributed by atoms with van der Waals surface area (Å²) in [5, 5.41) is 0.571. The molecule has 2 heterocycles. The van der Waals surface area contributed by atoms with Gasteiger partial charge in [0.1, 0.15) is 17.6 Å². The van der Waals surface area contributed by atoms with Gasteiger partial charge in [-0.25, -0.2) is 9.97 Å². The molecule has 0 radical (unpaired) electrons. The van der Waals surface area contributed by atoms with E-state index >= 15 is 0 Å². The van der Waals surface area contributed by atoms with Crippen LogP contribution in [0.5, 0.6) is 0 Å². The molecule has 0 aliphatic carbocycles. The van der Waals surface area contributed by atoms with Gasteiger partial charge in [-0.2, -0.15) is 0 Å². The summed E-state index contributed by atoms with van der Waals surface area (Å²) < 4.78 is 0. The first-order valence-electron chi connectivity index (χ1n) is 4.97. The number of nitrogens with zero attached hydrogens (tertiary/aromatic N) is 3. The molecule has 1 aliphatic rings. The Morgan fingerprint density at radius 1 is 1.47 bits per heavy atom. The van der Waals surface area contributed by atoms with Gasteiger partial charge in [-0.05, 0) is 12.8 Å². The SMILES string of the molecule is O=CC1CCN(c2ncncc2Cl)CC1. The molecule has 5 heteroatoms. The van der Waals surface area contributed by atoms with Crippen LogP contribution in [0.1, 0.15) is 12.8 Å². The summed E-state index contributed by atoms with van der Waals surface area (Å²) in [5.74, 6) is 0.970. The second-order valence-electron chi connectivity index (χ2n) is 3.65. The van der Waals surface area contributed by atoms with Crippen molar-refractivity contribution in [1.29, 1.82) is 0 Å². The Bertz CT molecular complexity index is 350. The van der Waals surface area contributed by atoms with E-state index in [0.29, 0.717) is 5.02 Å². The average molecular weight is 226 g/mol. The van der Waals surface area contributed by atoms with Crippen LogP contribution in [0.25, 0.3) is 0 Å². The summed E-state index contributed by atoms with van der Waals surface area (Å²) in [6.07, 6.45) is 5.88. The third-order valence-electron chi connectivity index (χ3n) is 2.68. The van der Waals surface area contributed by atoms with E-state index in [-0.39, 0.29) is 5.92 Å². The van der Waals surface area contributed by atoms with Crippen molar-refractivity contribution in [1.82, 2.24) is 9.97 Å². The Labute approximate surface area is 93.3 Å². The zero-order chi connectivity index (χ0) is 10.7. The monoisotopic (exact) mass is 225 g/mol. The highest BCUT2D eigenvalue weighted by atomic mass is 35.5. The first kappa shape index (κ1) is 10.4. The summed E-state index contributed by atoms with van der Waals surface area (Å²) in [6, 6.07) is 0. The highest BCUT2D eigenvalue weighted by molar-refractivity contribution is 6.32. The minimum absolute atomic E-state index is 0.196. The standard InChI is InChI=1S/C10H12ClN3O/c11-9-5-12-7-13-10(9)14-3-1-8(6-15)2-4-14/h5-8H,1-4H2. The van der Waals surface area contributed by atoms with Crippen molar-refractivity contribution in [3.05, 3.63) is 17.5 Å². The highest BCUT2D eigenvalue weighted by Gasteiger charge is 2.20. The van der Waals surface area contributed by atoms with Crippen molar-refractivity contribution in [3.63, 3.8) is 0 Å². The van der Waals surface area contributed by atoms with E-state index in [1.807, 2.05) is 0 Å². The number of anilines is 1. The molecule has 15 heavy (non-hydrogen) atoms. The van der Waals surface area contributed by atoms with Gasteiger partial charge in [0.25, 0.3) is 0 Å². The summed E-state index contributed by atoms with van der Waals surface area (Å²) in [6.45, 7) is 1.67. The molecule has 80 valence electrons. The highest BCUT2D eigenvalue weighted by Crippen LogP contribution is 2.25. The lowest BCUT2D eigenvalue weighted by molar-refractivity contribution is -0.111. The smallest absolute Gasteiger partial charge is 0.150 e. The largest absolute Gasteiger partial charge is 0.355 e. The summed E-state index contributed by atoms with van der Waals surface area (Å²) >= 11 is 5.99. The fraction of sp³-hybridized carbons (Fsp3) is 0.500. The van der Waals surface area contributed by atoms with Crippen LogP contribution >= 0.6 is 11.6 Å². The minimum atomic E-state index is 0.196. The van der Waals surface area contributed by atoms with Gasteiger partial charge in [0, 0.05) is 19.0 Å². The zero-order valence-corrected chi connectivity index (χ0v) is 9.02. The number of carbonyl (C=O) groups is 1. The van der Waals surface area contributed by atoms with Crippen LogP contribution in [0.4, 0.5) is 5.82 Å². The van der Waals surface area contributed by atoms with Gasteiger partial charge in [-0.15, -0.1) is 0 Å². The van der Waals surface area contributed by atoms with E-state index in [0.717, 1.165) is 38.0 Å². The molecule has 0 spiro atoms. The summed E-state index contributed by atoms with van der Waals surface area (Å²) in [4.78, 5) is 20.7. The van der Waals surface area contributed by atoms with Gasteiger partial charge in [0.05, 0.1) is 6.20 Å². The van der Waals surface area contributed by atoms with Crippen LogP contribution in [0, 0.1) is 5.92 Å². The second kappa shape index (κ2) is 4.57. The third-order valence-corrected chi connectivity index (χ3v) is 2.95. The molecule has 4 nitrogen and oxygen atoms in total. The lowest BCUT2D eigenvalue weighted by Crippen LogP contribution is -2.34. The molecule has 1 fully saturated rings. The van der Waals surface area contributed by atoms with E-state index in [9.17, 15) is 4.79 Å². The fourth-order valence-electron chi connectivity index (χ4n) is 1.79. The molecule has 2 rings (SSSR count). The van der Waals surface area contributed by atoms with Crippen LogP contribution in [0.3, 0.4) is 0 Å². The van der Waals surface area contributed by atoms with Crippen LogP contribution in [-0.2, 0) is 4.79 Å². The molecule has 0 bridgehead atoms. The Morgan fingerprint density at radius 2 is 2.20 bits per heavy atom. The Hall–Kier alpha value is -1.16. The molecule has 0 saturated carbocycles. The molecule has 1 saturated heterocycles. The number of hydrogen-bond acceptors (Lipinski definition) is 4. The molecular formula is C10H12ClN3O. The van der Waals surface area contributed by atoms with Gasteiger partial charge in [-0.3, -0.25) is 0 Å². The lowest BCUT2D eigenvalue weighted by atomic mass is 9.99. The van der Waals surface area contributed by atoms with Crippen LogP contribution < -0.4 is 4.90 Å². The van der Waals surface area contributed by atoms with Crippen molar-refractivity contribution in [2.75, 3.05) is 18.0 Å². The molecule has 0 aromatic carbocycles. The molecule has 0 atom stereocenters. The maximum absolute atomic E-state index is 10.6. The first-order chi connectivity index (χ1) is 7.31. The molecule has 1 aromatic rings. The van der Waals surface area contributed by atoms with Gasteiger partial charge in [-0.1, -0.05) is 11.6 Å². The van der Waals surface area contributed by atoms with Crippen molar-refractivity contribution in [2.45, 2.75) is 12.8 Å². The van der Waals surface area contributed by atoms with Crippen LogP contribution in [0.2, 0.25) is 5.02 Å². The normalized spacial score (nSPS) is 17.8. The number of aromatic nitrogens is 2. The molecule has 0 N–H and O–H groups in total. The number of hydrogen-bond donors (Lipinski definition) is 0. The van der Waals surface area contributed by atoms with E-state index in [1.165, 1.54) is 6.33 Å². The Morgan fingerprint density at radius 3 is 2.80 bits per heavy atom. The molecule has 0 unspecified atom stereocenters. The van der Waals surface area contributed by atoms with Gasteiger partial charge >= 0.3 is 0 Å². The van der Waals surface area contributed by atoms with E-state index < -0.39 is 0 Å². The van der Waals surface area contributed by atoms with Crippen molar-refractivity contribution < 1.29 is 4.79 Å². The van der Waals surface area contributed by atoms with Gasteiger partial charge in [0.2, 0.25) is 0 Å². The Kier molecular flexibility index (Phi) is 3.16. The quantitative estimate of drug-likeness (QED) is 0.717. The molecule has 0 amide bonds. The van der Waals surface area contributed by atoms with Crippen molar-refractivity contribution >= 4 is 23.7 Å². The number of halogens is 1. The topological polar surface area (TPSA) is 46.1 Å². The predicted molar refractivity (Wildman–Crippen MR) is 58.0 cm³/mol. The first-order valence-corrected chi connectivity index (χ1v) is 5.35. The van der Waals surface area contributed by atoms with Crippen LogP contribution in [-0.4, -0.2) is 29.3 Å². The fourth-order valence-corrected chi connectivity index (χ4v) is 2.01. The van der Waals surface area contributed by atoms with Crippen molar-refractivity contribution in [3.8, 4) is 0 Å². The number of piperidine rings is 1. The Balaban J connectivity index is 2.07. The molecular weight excluding hydrogens is 214 g/mol. The lowest BCUT2D eigenvalue weighted by Gasteiger charge is -2.30. The van der Waals surface area contributed by atoms with E-state index in [1.54, 1.807) is 6.20 Å². The zero-order valence-electron chi connectivity index (χ0n) is 8.27. The third kappa shape index (κ3) is 2.26. The minimum Gasteiger partial charge on any atom is -0.355 e. The number of carbonyl (C=O) groups excluding carboxylic acids is 1. The van der Waals surface area contributed by atoms with Gasteiger partial charge in [0.15, 0.2) is 5.82 Å². The maximum atomic E-state index is 10.6. The van der Waals surface area contributed by atoms with E-state index in [2.05, 4.69) is 14.9 Å². The predicted octanol–water partition coefficient (Wildman–Crippen LogP) is 1.55. The number of rotatable bonds is 2. The summed E-state index contributed by atoms with van der Waals surface area (Å²) in [5.41, 5.74) is 0. The van der Waals surface area contributed by atoms with Crippen molar-refractivity contribution in [2.24, 2.45) is 5.92 Å². The molecule has 1 aliphatic heterocycles. The average Bonchev–Trinajstić information content (AvgIpc) is 2.30.